The van der Waals surface area contributed by atoms with Crippen LogP contribution >= 0.6 is 15.9 Å². The Morgan fingerprint density at radius 1 is 1.53 bits per heavy atom. The molecule has 0 aromatic carbocycles. The number of carbonyl (C=O) groups excluding carboxylic acids is 1. The fourth-order valence-corrected chi connectivity index (χ4v) is 1.04. The van der Waals surface area contributed by atoms with Gasteiger partial charge in [-0.2, -0.15) is 0 Å². The third-order valence-corrected chi connectivity index (χ3v) is 2.70. The highest BCUT2D eigenvalue weighted by Gasteiger charge is 2.24. The maximum atomic E-state index is 11.2. The number of ketones is 1. The van der Waals surface area contributed by atoms with Gasteiger partial charge in [-0.15, -0.1) is 0 Å². The zero-order valence-corrected chi connectivity index (χ0v) is 10.7. The first kappa shape index (κ1) is 12.2. The number of hydrogen-bond acceptors (Lipinski definition) is 3. The zero-order valence-electron chi connectivity index (χ0n) is 9.08. The van der Waals surface area contributed by atoms with E-state index < -0.39 is 5.41 Å². The minimum absolute atomic E-state index is 0.111. The van der Waals surface area contributed by atoms with Gasteiger partial charge in [0.1, 0.15) is 12.4 Å². The monoisotopic (exact) mass is 271 g/mol. The molecule has 0 fully saturated rings. The smallest absolute Gasteiger partial charge is 0.213 e. The molecule has 0 saturated carbocycles. The van der Waals surface area contributed by atoms with E-state index in [0.29, 0.717) is 12.5 Å². The van der Waals surface area contributed by atoms with Gasteiger partial charge in [0, 0.05) is 16.7 Å². The number of ether oxygens (including phenoxy) is 1. The summed E-state index contributed by atoms with van der Waals surface area (Å²) in [5, 5.41) is 0. The first-order valence-electron chi connectivity index (χ1n) is 4.67. The van der Waals surface area contributed by atoms with Crippen LogP contribution in [0, 0.1) is 5.41 Å². The highest BCUT2D eigenvalue weighted by atomic mass is 79.9. The lowest BCUT2D eigenvalue weighted by Crippen LogP contribution is -2.29. The molecule has 82 valence electrons. The minimum Gasteiger partial charge on any atom is -0.477 e. The van der Waals surface area contributed by atoms with E-state index >= 15 is 0 Å². The molecule has 1 aromatic heterocycles. The summed E-state index contributed by atoms with van der Waals surface area (Å²) in [4.78, 5) is 15.3. The second kappa shape index (κ2) is 4.75. The van der Waals surface area contributed by atoms with Crippen molar-refractivity contribution in [2.75, 3.05) is 6.61 Å². The zero-order chi connectivity index (χ0) is 11.5. The van der Waals surface area contributed by atoms with E-state index in [-0.39, 0.29) is 5.78 Å². The molecule has 0 amide bonds. The van der Waals surface area contributed by atoms with E-state index in [1.54, 1.807) is 19.2 Å². The molecule has 1 heterocycles. The molecule has 0 aliphatic carbocycles. The van der Waals surface area contributed by atoms with E-state index in [0.717, 1.165) is 4.47 Å². The molecule has 15 heavy (non-hydrogen) atoms. The predicted octanol–water partition coefficient (Wildman–Crippen LogP) is 2.84. The Morgan fingerprint density at radius 2 is 2.20 bits per heavy atom. The van der Waals surface area contributed by atoms with Gasteiger partial charge in [-0.1, -0.05) is 0 Å². The normalized spacial score (nSPS) is 11.2. The molecule has 1 aromatic rings. The average molecular weight is 272 g/mol. The van der Waals surface area contributed by atoms with Gasteiger partial charge in [0.25, 0.3) is 0 Å². The van der Waals surface area contributed by atoms with Gasteiger partial charge in [-0.25, -0.2) is 4.98 Å². The van der Waals surface area contributed by atoms with E-state index in [2.05, 4.69) is 20.9 Å². The van der Waals surface area contributed by atoms with Crippen molar-refractivity contribution >= 4 is 21.7 Å². The maximum Gasteiger partial charge on any atom is 0.213 e. The third-order valence-electron chi connectivity index (χ3n) is 2.23. The molecule has 0 radical (unpaired) electrons. The van der Waals surface area contributed by atoms with Gasteiger partial charge in [0.2, 0.25) is 5.88 Å². The summed E-state index contributed by atoms with van der Waals surface area (Å²) in [6.45, 7) is 5.62. The number of hydrogen-bond donors (Lipinski definition) is 0. The van der Waals surface area contributed by atoms with Crippen molar-refractivity contribution in [3.05, 3.63) is 22.8 Å². The summed E-state index contributed by atoms with van der Waals surface area (Å²) in [6.07, 6.45) is 1.66. The summed E-state index contributed by atoms with van der Waals surface area (Å²) in [5.41, 5.74) is -0.464. The summed E-state index contributed by atoms with van der Waals surface area (Å²) >= 11 is 3.29. The van der Waals surface area contributed by atoms with Crippen LogP contribution in [0.4, 0.5) is 0 Å². The Kier molecular flexibility index (Phi) is 3.85. The van der Waals surface area contributed by atoms with Gasteiger partial charge < -0.3 is 4.74 Å². The second-order valence-electron chi connectivity index (χ2n) is 4.04. The van der Waals surface area contributed by atoms with Crippen LogP contribution in [0.3, 0.4) is 0 Å². The van der Waals surface area contributed by atoms with Gasteiger partial charge in [0.15, 0.2) is 0 Å². The molecule has 0 bridgehead atoms. The molecule has 0 spiro atoms. The molecule has 0 atom stereocenters. The van der Waals surface area contributed by atoms with Gasteiger partial charge in [-0.3, -0.25) is 4.79 Å². The van der Waals surface area contributed by atoms with Crippen LogP contribution in [0.1, 0.15) is 20.8 Å². The van der Waals surface area contributed by atoms with Crippen molar-refractivity contribution < 1.29 is 9.53 Å². The number of Topliss-reactive ketones (excluding diaryl/α,β-unsaturated/α-hetero) is 1. The fourth-order valence-electron chi connectivity index (χ4n) is 0.804. The lowest BCUT2D eigenvalue weighted by atomic mass is 9.90. The summed E-state index contributed by atoms with van der Waals surface area (Å²) < 4.78 is 6.34. The Morgan fingerprint density at radius 3 is 2.67 bits per heavy atom. The molecule has 0 saturated heterocycles. The first-order chi connectivity index (χ1) is 6.92. The summed E-state index contributed by atoms with van der Waals surface area (Å²) in [6, 6.07) is 3.61. The van der Waals surface area contributed by atoms with Crippen molar-refractivity contribution in [1.82, 2.24) is 4.98 Å². The largest absolute Gasteiger partial charge is 0.477 e. The summed E-state index contributed by atoms with van der Waals surface area (Å²) in [7, 11) is 0. The average Bonchev–Trinajstić information content (AvgIpc) is 2.17. The standard InChI is InChI=1S/C11H14BrNO2/c1-8(14)11(2,3)7-15-10-5-4-9(12)6-13-10/h4-6H,7H2,1-3H3. The van der Waals surface area contributed by atoms with E-state index in [4.69, 9.17) is 4.74 Å². The maximum absolute atomic E-state index is 11.2. The Bertz CT molecular complexity index is 346. The van der Waals surface area contributed by atoms with Gasteiger partial charge >= 0.3 is 0 Å². The van der Waals surface area contributed by atoms with E-state index in [1.807, 2.05) is 19.9 Å². The van der Waals surface area contributed by atoms with Crippen molar-refractivity contribution in [1.29, 1.82) is 0 Å². The molecule has 4 heteroatoms. The van der Waals surface area contributed by atoms with Crippen LogP contribution in [-0.4, -0.2) is 17.4 Å². The second-order valence-corrected chi connectivity index (χ2v) is 4.96. The van der Waals surface area contributed by atoms with Crippen LogP contribution in [0.25, 0.3) is 0 Å². The van der Waals surface area contributed by atoms with Crippen LogP contribution in [-0.2, 0) is 4.79 Å². The molecule has 0 unspecified atom stereocenters. The third kappa shape index (κ3) is 3.63. The Hall–Kier alpha value is -0.900. The lowest BCUT2D eigenvalue weighted by molar-refractivity contribution is -0.126. The van der Waals surface area contributed by atoms with Crippen molar-refractivity contribution in [3.8, 4) is 5.88 Å². The van der Waals surface area contributed by atoms with Crippen molar-refractivity contribution in [2.45, 2.75) is 20.8 Å². The molecular formula is C11H14BrNO2. The highest BCUT2D eigenvalue weighted by molar-refractivity contribution is 9.10. The summed E-state index contributed by atoms with van der Waals surface area (Å²) in [5.74, 6) is 0.645. The van der Waals surface area contributed by atoms with Crippen molar-refractivity contribution in [2.24, 2.45) is 5.41 Å². The predicted molar refractivity (Wildman–Crippen MR) is 61.9 cm³/mol. The number of rotatable bonds is 4. The van der Waals surface area contributed by atoms with Crippen molar-refractivity contribution in [3.63, 3.8) is 0 Å². The van der Waals surface area contributed by atoms with Crippen LogP contribution < -0.4 is 4.74 Å². The molecule has 1 rings (SSSR count). The first-order valence-corrected chi connectivity index (χ1v) is 5.46. The molecule has 3 nitrogen and oxygen atoms in total. The highest BCUT2D eigenvalue weighted by Crippen LogP contribution is 2.19. The number of aromatic nitrogens is 1. The topological polar surface area (TPSA) is 39.2 Å². The van der Waals surface area contributed by atoms with Gasteiger partial charge in [0.05, 0.1) is 5.41 Å². The molecule has 0 aliphatic heterocycles. The van der Waals surface area contributed by atoms with Crippen LogP contribution in [0.15, 0.2) is 22.8 Å². The van der Waals surface area contributed by atoms with E-state index in [1.165, 1.54) is 0 Å². The quantitative estimate of drug-likeness (QED) is 0.846. The Labute approximate surface area is 98.0 Å². The lowest BCUT2D eigenvalue weighted by Gasteiger charge is -2.20. The van der Waals surface area contributed by atoms with Crippen LogP contribution in [0.5, 0.6) is 5.88 Å². The SMILES string of the molecule is CC(=O)C(C)(C)COc1ccc(Br)cn1. The van der Waals surface area contributed by atoms with Gasteiger partial charge in [-0.05, 0) is 42.8 Å². The van der Waals surface area contributed by atoms with Crippen LogP contribution in [0.2, 0.25) is 0 Å². The number of pyridine rings is 1. The number of carbonyl (C=O) groups is 1. The minimum atomic E-state index is -0.464. The number of nitrogens with zero attached hydrogens (tertiary/aromatic N) is 1. The fraction of sp³-hybridized carbons (Fsp3) is 0.455. The van der Waals surface area contributed by atoms with E-state index in [9.17, 15) is 4.79 Å². The molecule has 0 N–H and O–H groups in total. The molecule has 0 aliphatic rings. The number of halogens is 1. The Balaban J connectivity index is 2.57. The molecular weight excluding hydrogens is 258 g/mol.